The third-order valence-electron chi connectivity index (χ3n) is 3.91. The maximum absolute atomic E-state index is 5.53. The molecule has 0 saturated heterocycles. The van der Waals surface area contributed by atoms with Crippen molar-refractivity contribution in [2.75, 3.05) is 26.1 Å². The zero-order chi connectivity index (χ0) is 15.4. The highest BCUT2D eigenvalue weighted by atomic mass is 16.5. The van der Waals surface area contributed by atoms with Crippen LogP contribution in [0.1, 0.15) is 29.9 Å². The molecular weight excluding hydrogens is 264 g/mol. The third-order valence-corrected chi connectivity index (χ3v) is 3.91. The molecule has 0 bridgehead atoms. The molecular formula is C17H24N2O2. The van der Waals surface area contributed by atoms with Crippen molar-refractivity contribution in [1.82, 2.24) is 5.32 Å². The molecule has 2 rings (SSSR count). The van der Waals surface area contributed by atoms with Crippen molar-refractivity contribution in [2.45, 2.75) is 26.4 Å². The normalized spacial score (nSPS) is 12.2. The van der Waals surface area contributed by atoms with E-state index >= 15 is 0 Å². The Balaban J connectivity index is 2.36. The molecule has 114 valence electrons. The summed E-state index contributed by atoms with van der Waals surface area (Å²) in [7, 11) is 5.76. The predicted octanol–water partition coefficient (Wildman–Crippen LogP) is 3.51. The molecule has 21 heavy (non-hydrogen) atoms. The molecule has 0 radical (unpaired) electrons. The van der Waals surface area contributed by atoms with Crippen molar-refractivity contribution < 1.29 is 9.15 Å². The maximum Gasteiger partial charge on any atom is 0.125 e. The number of methoxy groups -OCH3 is 1. The van der Waals surface area contributed by atoms with Gasteiger partial charge in [-0.25, -0.2) is 0 Å². The molecule has 1 aromatic carbocycles. The van der Waals surface area contributed by atoms with E-state index in [1.165, 1.54) is 11.1 Å². The summed E-state index contributed by atoms with van der Waals surface area (Å²) >= 11 is 0. The largest absolute Gasteiger partial charge is 0.496 e. The molecule has 0 spiro atoms. The van der Waals surface area contributed by atoms with E-state index in [2.05, 4.69) is 30.3 Å². The van der Waals surface area contributed by atoms with E-state index in [9.17, 15) is 0 Å². The average molecular weight is 288 g/mol. The molecule has 4 heteroatoms. The van der Waals surface area contributed by atoms with Crippen LogP contribution in [-0.2, 0) is 6.54 Å². The monoisotopic (exact) mass is 288 g/mol. The predicted molar refractivity (Wildman–Crippen MR) is 86.0 cm³/mol. The Kier molecular flexibility index (Phi) is 4.91. The number of benzene rings is 1. The van der Waals surface area contributed by atoms with Gasteiger partial charge < -0.3 is 19.4 Å². The molecule has 0 aliphatic carbocycles. The lowest BCUT2D eigenvalue weighted by Crippen LogP contribution is -2.22. The fourth-order valence-corrected chi connectivity index (χ4v) is 2.54. The van der Waals surface area contributed by atoms with Gasteiger partial charge in [-0.3, -0.25) is 0 Å². The van der Waals surface area contributed by atoms with E-state index in [4.69, 9.17) is 9.15 Å². The number of aryl methyl sites for hydroxylation is 1. The number of furan rings is 1. The number of nitrogens with one attached hydrogen (secondary N) is 1. The Morgan fingerprint density at radius 2 is 2.10 bits per heavy atom. The Morgan fingerprint density at radius 1 is 1.33 bits per heavy atom. The zero-order valence-corrected chi connectivity index (χ0v) is 13.4. The summed E-state index contributed by atoms with van der Waals surface area (Å²) in [5.41, 5.74) is 3.53. The smallest absolute Gasteiger partial charge is 0.125 e. The first kappa shape index (κ1) is 15.4. The van der Waals surface area contributed by atoms with Crippen LogP contribution >= 0.6 is 0 Å². The first-order chi connectivity index (χ1) is 10.1. The van der Waals surface area contributed by atoms with Crippen molar-refractivity contribution in [3.63, 3.8) is 0 Å². The lowest BCUT2D eigenvalue weighted by molar-refractivity contribution is 0.404. The van der Waals surface area contributed by atoms with Crippen molar-refractivity contribution in [3.05, 3.63) is 47.4 Å². The van der Waals surface area contributed by atoms with Crippen LogP contribution in [0.2, 0.25) is 0 Å². The van der Waals surface area contributed by atoms with Crippen LogP contribution in [0.25, 0.3) is 0 Å². The molecule has 1 N–H and O–H groups in total. The molecule has 1 aromatic heterocycles. The fraction of sp³-hybridized carbons (Fsp3) is 0.412. The van der Waals surface area contributed by atoms with Gasteiger partial charge in [-0.15, -0.1) is 0 Å². The van der Waals surface area contributed by atoms with Gasteiger partial charge in [0.2, 0.25) is 0 Å². The molecule has 1 atom stereocenters. The lowest BCUT2D eigenvalue weighted by atomic mass is 10.0. The first-order valence-corrected chi connectivity index (χ1v) is 7.16. The van der Waals surface area contributed by atoms with Crippen molar-refractivity contribution in [2.24, 2.45) is 0 Å². The number of hydrogen-bond donors (Lipinski definition) is 1. The summed E-state index contributed by atoms with van der Waals surface area (Å²) in [4.78, 5) is 2.23. The summed E-state index contributed by atoms with van der Waals surface area (Å²) in [6.07, 6.45) is 1.74. The highest BCUT2D eigenvalue weighted by Crippen LogP contribution is 2.34. The quantitative estimate of drug-likeness (QED) is 0.882. The van der Waals surface area contributed by atoms with Crippen LogP contribution in [-0.4, -0.2) is 21.2 Å². The molecule has 0 aliphatic heterocycles. The summed E-state index contributed by atoms with van der Waals surface area (Å²) in [5.74, 6) is 1.87. The molecule has 0 amide bonds. The topological polar surface area (TPSA) is 37.6 Å². The maximum atomic E-state index is 5.53. The van der Waals surface area contributed by atoms with Gasteiger partial charge in [0, 0.05) is 36.4 Å². The second-order valence-electron chi connectivity index (χ2n) is 5.26. The molecule has 4 nitrogen and oxygen atoms in total. The lowest BCUT2D eigenvalue weighted by Gasteiger charge is -2.26. The second-order valence-corrected chi connectivity index (χ2v) is 5.26. The van der Waals surface area contributed by atoms with Crippen LogP contribution in [0.15, 0.2) is 34.9 Å². The van der Waals surface area contributed by atoms with E-state index in [0.29, 0.717) is 0 Å². The minimum atomic E-state index is 0.212. The van der Waals surface area contributed by atoms with E-state index in [1.54, 1.807) is 13.4 Å². The van der Waals surface area contributed by atoms with Gasteiger partial charge in [-0.1, -0.05) is 6.07 Å². The molecule has 1 heterocycles. The Bertz CT molecular complexity index is 592. The molecule has 0 saturated carbocycles. The summed E-state index contributed by atoms with van der Waals surface area (Å²) < 4.78 is 10.9. The van der Waals surface area contributed by atoms with Gasteiger partial charge in [0.05, 0.1) is 13.4 Å². The van der Waals surface area contributed by atoms with Gasteiger partial charge in [0.15, 0.2) is 0 Å². The van der Waals surface area contributed by atoms with Crippen molar-refractivity contribution in [3.8, 4) is 5.75 Å². The first-order valence-electron chi connectivity index (χ1n) is 7.16. The van der Waals surface area contributed by atoms with Crippen molar-refractivity contribution >= 4 is 5.69 Å². The van der Waals surface area contributed by atoms with Crippen LogP contribution in [0.3, 0.4) is 0 Å². The van der Waals surface area contributed by atoms with Gasteiger partial charge in [-0.2, -0.15) is 0 Å². The fourth-order valence-electron chi connectivity index (χ4n) is 2.54. The van der Waals surface area contributed by atoms with E-state index < -0.39 is 0 Å². The Labute approximate surface area is 126 Å². The van der Waals surface area contributed by atoms with Gasteiger partial charge >= 0.3 is 0 Å². The molecule has 2 aromatic rings. The van der Waals surface area contributed by atoms with E-state index in [-0.39, 0.29) is 6.04 Å². The summed E-state index contributed by atoms with van der Waals surface area (Å²) in [5, 5.41) is 3.30. The molecule has 0 fully saturated rings. The number of anilines is 1. The molecule has 1 unspecified atom stereocenters. The number of hydrogen-bond acceptors (Lipinski definition) is 4. The van der Waals surface area contributed by atoms with E-state index in [1.807, 2.05) is 32.2 Å². The average Bonchev–Trinajstić information content (AvgIpc) is 2.90. The Morgan fingerprint density at radius 3 is 2.67 bits per heavy atom. The number of nitrogens with zero attached hydrogens (tertiary/aromatic N) is 1. The van der Waals surface area contributed by atoms with Crippen molar-refractivity contribution in [1.29, 1.82) is 0 Å². The minimum Gasteiger partial charge on any atom is -0.496 e. The summed E-state index contributed by atoms with van der Waals surface area (Å²) in [6.45, 7) is 4.93. The highest BCUT2D eigenvalue weighted by Gasteiger charge is 2.18. The number of rotatable bonds is 6. The SMILES string of the molecule is CNC(C)c1c(OC)cccc1N(C)Cc1ccoc1C. The Hall–Kier alpha value is -1.94. The van der Waals surface area contributed by atoms with Crippen LogP contribution < -0.4 is 15.0 Å². The molecule has 0 aliphatic rings. The second kappa shape index (κ2) is 6.68. The van der Waals surface area contributed by atoms with Crippen LogP contribution in [0.4, 0.5) is 5.69 Å². The highest BCUT2D eigenvalue weighted by molar-refractivity contribution is 5.60. The standard InChI is InChI=1S/C17H24N2O2/c1-12(18-3)17-15(7-6-8-16(17)20-5)19(4)11-14-9-10-21-13(14)2/h6-10,12,18H,11H2,1-5H3. The minimum absolute atomic E-state index is 0.212. The van der Waals surface area contributed by atoms with Gasteiger partial charge in [0.25, 0.3) is 0 Å². The van der Waals surface area contributed by atoms with Gasteiger partial charge in [0.1, 0.15) is 11.5 Å². The number of ether oxygens (including phenoxy) is 1. The third kappa shape index (κ3) is 3.22. The van der Waals surface area contributed by atoms with Crippen LogP contribution in [0, 0.1) is 6.92 Å². The van der Waals surface area contributed by atoms with Crippen LogP contribution in [0.5, 0.6) is 5.75 Å². The van der Waals surface area contributed by atoms with Gasteiger partial charge in [-0.05, 0) is 39.1 Å². The summed E-state index contributed by atoms with van der Waals surface area (Å²) in [6, 6.07) is 8.39. The zero-order valence-electron chi connectivity index (χ0n) is 13.4. The van der Waals surface area contributed by atoms with E-state index in [0.717, 1.165) is 23.7 Å².